The summed E-state index contributed by atoms with van der Waals surface area (Å²) < 4.78 is 111. The Morgan fingerprint density at radius 1 is 0.518 bits per heavy atom. The number of hydrogen-bond acceptors (Lipinski definition) is 13. The Bertz CT molecular complexity index is 3790. The van der Waals surface area contributed by atoms with Gasteiger partial charge in [0.05, 0.1) is 37.6 Å². The highest BCUT2D eigenvalue weighted by Crippen LogP contribution is 2.50. The normalized spacial score (nSPS) is 18.7. The zero-order valence-electron chi connectivity index (χ0n) is 50.9. The molecule has 4 aromatic carbocycles. The van der Waals surface area contributed by atoms with Gasteiger partial charge in [-0.3, -0.25) is 14.1 Å². The zero-order valence-corrected chi connectivity index (χ0v) is 54.1. The second-order valence-corrected chi connectivity index (χ2v) is 28.8. The number of rotatable bonds is 23. The summed E-state index contributed by atoms with van der Waals surface area (Å²) in [5.41, 5.74) is 10.2. The van der Waals surface area contributed by atoms with Crippen molar-refractivity contribution >= 4 is 76.6 Å². The maximum absolute atomic E-state index is 11.9. The monoisotopic (exact) mass is 1240 g/mol. The average Bonchev–Trinajstić information content (AvgIpc) is 1.77. The van der Waals surface area contributed by atoms with Gasteiger partial charge >= 0.3 is 0 Å². The lowest BCUT2D eigenvalue weighted by Gasteiger charge is -2.25. The molecule has 0 radical (unpaired) electrons. The Hall–Kier alpha value is -5.78. The lowest BCUT2D eigenvalue weighted by molar-refractivity contribution is -0.777. The van der Waals surface area contributed by atoms with E-state index in [1.165, 1.54) is 24.3 Å². The van der Waals surface area contributed by atoms with E-state index in [1.54, 1.807) is 30.3 Å². The first kappa shape index (κ1) is 66.7. The highest BCUT2D eigenvalue weighted by atomic mass is 32.2. The van der Waals surface area contributed by atoms with E-state index in [4.69, 9.17) is 0 Å². The standard InChI is InChI=1S/C33H42N2O6S2.C32H40N2O6S2/c1-7-9-10-14-21-35-29-20-18-25(43(39,40)41)23-27(29)33(5,6)31(35)16-13-11-12-15-30-32(3,4)26-22-24(42(36,37)38)17-19-28(26)34(30)8-2;1-7-9-13-20-34-28-19-17-24(42(36,37)38)22-26(28)32(5,6)30(34)15-12-10-11-14-29-31(3,4)25-21-23(41-40-39-35)16-18-27(25)33(29)8-2/h11-13,15-20,22-23H,7-10,14,21H2,1-6H3,(H-,36,37,38,39,40,41);10-12,14-19,21-22H,7-9,13,20H2,1-6H3,(H-,35,36,37,38). The minimum Gasteiger partial charge on any atom is -0.744 e. The van der Waals surface area contributed by atoms with Crippen LogP contribution in [0.4, 0.5) is 22.7 Å². The Kier molecular flexibility index (Phi) is 20.9. The molecule has 4 aromatic rings. The maximum Gasteiger partial charge on any atom is 0.294 e. The van der Waals surface area contributed by atoms with Gasteiger partial charge in [-0.05, 0) is 138 Å². The lowest BCUT2D eigenvalue weighted by Crippen LogP contribution is -2.28. The van der Waals surface area contributed by atoms with Crippen LogP contribution < -0.4 is 15.1 Å². The maximum atomic E-state index is 11.9. The molecule has 0 amide bonds. The van der Waals surface area contributed by atoms with Crippen molar-refractivity contribution in [1.82, 2.24) is 0 Å². The van der Waals surface area contributed by atoms with E-state index in [9.17, 15) is 44.2 Å². The Labute approximate surface area is 508 Å². The van der Waals surface area contributed by atoms with Crippen LogP contribution in [0.1, 0.15) is 150 Å². The third-order valence-electron chi connectivity index (χ3n) is 16.8. The first-order valence-corrected chi connectivity index (χ1v) is 34.0. The molecular weight excluding hydrogens is 1160 g/mol. The molecule has 4 heterocycles. The minimum absolute atomic E-state index is 0.0859. The van der Waals surface area contributed by atoms with Crippen molar-refractivity contribution in [1.29, 1.82) is 0 Å². The van der Waals surface area contributed by atoms with E-state index >= 15 is 0 Å². The number of nitrogens with zero attached hydrogens (tertiary/aromatic N) is 4. The van der Waals surface area contributed by atoms with Crippen LogP contribution >= 0.6 is 12.0 Å². The summed E-state index contributed by atoms with van der Waals surface area (Å²) in [5.74, 6) is 0. The van der Waals surface area contributed by atoms with Crippen molar-refractivity contribution in [2.24, 2.45) is 0 Å². The molecule has 20 heteroatoms. The number of allylic oxidation sites excluding steroid dienone is 12. The molecule has 0 aromatic heterocycles. The van der Waals surface area contributed by atoms with Gasteiger partial charge in [-0.1, -0.05) is 97.3 Å². The second-order valence-electron chi connectivity index (χ2n) is 23.8. The Morgan fingerprint density at radius 3 is 1.35 bits per heavy atom. The van der Waals surface area contributed by atoms with E-state index in [0.29, 0.717) is 6.54 Å². The largest absolute Gasteiger partial charge is 0.744 e. The molecule has 85 heavy (non-hydrogen) atoms. The van der Waals surface area contributed by atoms with Crippen molar-refractivity contribution < 1.29 is 62.7 Å². The number of anilines is 2. The van der Waals surface area contributed by atoms with Crippen LogP contribution in [0.5, 0.6) is 0 Å². The molecule has 458 valence electrons. The van der Waals surface area contributed by atoms with Gasteiger partial charge < -0.3 is 19.6 Å². The molecule has 0 spiro atoms. The second kappa shape index (κ2) is 26.7. The van der Waals surface area contributed by atoms with Crippen molar-refractivity contribution in [3.63, 3.8) is 0 Å². The van der Waals surface area contributed by atoms with Gasteiger partial charge in [0, 0.05) is 99.8 Å². The van der Waals surface area contributed by atoms with Crippen LogP contribution in [-0.2, 0) is 61.4 Å². The summed E-state index contributed by atoms with van der Waals surface area (Å²) in [6, 6.07) is 20.2. The molecule has 2 N–H and O–H groups in total. The van der Waals surface area contributed by atoms with Crippen molar-refractivity contribution in [2.75, 3.05) is 36.0 Å². The van der Waals surface area contributed by atoms with E-state index in [0.717, 1.165) is 149 Å². The fourth-order valence-corrected chi connectivity index (χ4v) is 14.2. The summed E-state index contributed by atoms with van der Waals surface area (Å²) in [7, 11) is -13.2. The number of unbranched alkanes of at least 4 members (excludes halogenated alkanes) is 5. The highest BCUT2D eigenvalue weighted by Gasteiger charge is 2.47. The van der Waals surface area contributed by atoms with Crippen LogP contribution in [0, 0.1) is 0 Å². The van der Waals surface area contributed by atoms with Crippen LogP contribution in [-0.4, -0.2) is 85.7 Å². The third kappa shape index (κ3) is 14.1. The van der Waals surface area contributed by atoms with Gasteiger partial charge in [-0.15, -0.1) is 0 Å². The molecule has 0 saturated heterocycles. The topological polar surface area (TPSA) is 220 Å². The van der Waals surface area contributed by atoms with Crippen LogP contribution in [0.2, 0.25) is 0 Å². The van der Waals surface area contributed by atoms with Gasteiger partial charge in [0.2, 0.25) is 11.4 Å². The molecule has 0 unspecified atom stereocenters. The predicted molar refractivity (Wildman–Crippen MR) is 336 cm³/mol. The van der Waals surface area contributed by atoms with Crippen LogP contribution in [0.3, 0.4) is 0 Å². The fraction of sp³-hybridized carbons (Fsp3) is 0.415. The first-order chi connectivity index (χ1) is 39.9. The molecule has 8 rings (SSSR count). The van der Waals surface area contributed by atoms with Gasteiger partial charge in [0.25, 0.3) is 20.2 Å². The molecular formula is C65H82N4O12S4. The lowest BCUT2D eigenvalue weighted by atomic mass is 9.81. The summed E-state index contributed by atoms with van der Waals surface area (Å²) in [6.07, 6.45) is 27.9. The number of likely N-dealkylation sites (N-methyl/N-ethyl adjacent to an activating group) is 2. The van der Waals surface area contributed by atoms with E-state index in [1.807, 2.05) is 81.5 Å². The highest BCUT2D eigenvalue weighted by molar-refractivity contribution is 7.94. The van der Waals surface area contributed by atoms with E-state index < -0.39 is 46.6 Å². The molecule has 0 atom stereocenters. The zero-order chi connectivity index (χ0) is 62.5. The third-order valence-corrected chi connectivity index (χ3v) is 19.9. The summed E-state index contributed by atoms with van der Waals surface area (Å²) >= 11 is 0.893. The van der Waals surface area contributed by atoms with Crippen LogP contribution in [0.15, 0.2) is 165 Å². The fourth-order valence-electron chi connectivity index (χ4n) is 12.3. The molecule has 0 saturated carbocycles. The summed E-state index contributed by atoms with van der Waals surface area (Å²) in [6.45, 7) is 28.3. The Balaban J connectivity index is 0.000000244. The van der Waals surface area contributed by atoms with Gasteiger partial charge in [-0.2, -0.15) is 30.3 Å². The SMILES string of the molecule is CCCCCC[N+]1=C(C=CC=CC=C2N(CC)c3ccc(S(=O)(=O)[O-])cc3C2(C)C)C(C)(C)c2cc(S(=O)(=O)O)ccc21.CCCCC[N+]1=C(C=CC=CC=C2N(CC)c3ccc(SOO[O-])cc3C2(C)C)C(C)(C)c2cc(S(=O)(=O)O)ccc21. The quantitative estimate of drug-likeness (QED) is 0.0134. The number of fused-ring (bicyclic) bond motifs is 4. The summed E-state index contributed by atoms with van der Waals surface area (Å²) in [4.78, 5) is 4.78. The first-order valence-electron chi connectivity index (χ1n) is 29.0. The number of benzene rings is 4. The molecule has 4 aliphatic heterocycles. The molecule has 0 aliphatic carbocycles. The van der Waals surface area contributed by atoms with Gasteiger partial charge in [-0.25, -0.2) is 8.42 Å². The summed E-state index contributed by atoms with van der Waals surface area (Å²) in [5, 5.41) is 13.8. The van der Waals surface area contributed by atoms with E-state index in [-0.39, 0.29) is 20.1 Å². The van der Waals surface area contributed by atoms with E-state index in [2.05, 4.69) is 109 Å². The van der Waals surface area contributed by atoms with Gasteiger partial charge in [0.1, 0.15) is 23.2 Å². The van der Waals surface area contributed by atoms with Crippen molar-refractivity contribution in [3.8, 4) is 0 Å². The molecule has 0 fully saturated rings. The van der Waals surface area contributed by atoms with Crippen molar-refractivity contribution in [3.05, 3.63) is 167 Å². The van der Waals surface area contributed by atoms with Gasteiger partial charge in [0.15, 0.2) is 11.4 Å². The molecule has 4 aliphatic rings. The number of hydrogen-bond donors (Lipinski definition) is 2. The molecule has 0 bridgehead atoms. The predicted octanol–water partition coefficient (Wildman–Crippen LogP) is 13.2. The molecule has 16 nitrogen and oxygen atoms in total. The van der Waals surface area contributed by atoms with Crippen LogP contribution in [0.25, 0.3) is 0 Å². The minimum atomic E-state index is -4.56. The van der Waals surface area contributed by atoms with Crippen molar-refractivity contribution in [2.45, 2.75) is 169 Å². The Morgan fingerprint density at radius 2 is 0.929 bits per heavy atom. The smallest absolute Gasteiger partial charge is 0.294 e. The average molecular weight is 1240 g/mol.